The molecule has 1 heterocycles. The van der Waals surface area contributed by atoms with E-state index in [9.17, 15) is 9.59 Å². The minimum Gasteiger partial charge on any atom is -0.462 e. The van der Waals surface area contributed by atoms with Crippen LogP contribution in [0.25, 0.3) is 0 Å². The van der Waals surface area contributed by atoms with Gasteiger partial charge in [0.1, 0.15) is 5.56 Å². The molecule has 0 atom stereocenters. The standard InChI is InChI=1S/C16H18N4O3S/c1-4-23-14(21)12-9-17-16(24-3)20-13(12)19-15(22)18-11-7-5-10(2)6-8-11/h5-9H,4H2,1-3H3,(H2,17,18,19,20,22). The number of hydrogen-bond acceptors (Lipinski definition) is 6. The Hall–Kier alpha value is -2.61. The fraction of sp³-hybridized carbons (Fsp3) is 0.250. The molecule has 8 heteroatoms. The lowest BCUT2D eigenvalue weighted by atomic mass is 10.2. The lowest BCUT2D eigenvalue weighted by Gasteiger charge is -2.11. The van der Waals surface area contributed by atoms with Crippen molar-refractivity contribution in [3.63, 3.8) is 0 Å². The van der Waals surface area contributed by atoms with Crippen molar-refractivity contribution >= 4 is 35.3 Å². The van der Waals surface area contributed by atoms with E-state index < -0.39 is 12.0 Å². The summed E-state index contributed by atoms with van der Waals surface area (Å²) >= 11 is 1.30. The van der Waals surface area contributed by atoms with Gasteiger partial charge in [0.2, 0.25) is 0 Å². The van der Waals surface area contributed by atoms with Gasteiger partial charge in [-0.05, 0) is 32.2 Å². The second kappa shape index (κ2) is 8.30. The summed E-state index contributed by atoms with van der Waals surface area (Å²) in [5, 5.41) is 5.69. The maximum Gasteiger partial charge on any atom is 0.343 e. The van der Waals surface area contributed by atoms with E-state index in [1.807, 2.05) is 19.1 Å². The molecular formula is C16H18N4O3S. The maximum atomic E-state index is 12.2. The molecule has 0 bridgehead atoms. The van der Waals surface area contributed by atoms with Crippen LogP contribution in [0, 0.1) is 6.92 Å². The highest BCUT2D eigenvalue weighted by atomic mass is 32.2. The number of rotatable bonds is 5. The number of aromatic nitrogens is 2. The number of hydrogen-bond donors (Lipinski definition) is 2. The molecule has 0 saturated heterocycles. The number of thioether (sulfide) groups is 1. The van der Waals surface area contributed by atoms with Gasteiger partial charge >= 0.3 is 12.0 Å². The first kappa shape index (κ1) is 17.7. The highest BCUT2D eigenvalue weighted by Gasteiger charge is 2.17. The van der Waals surface area contributed by atoms with Crippen LogP contribution in [0.4, 0.5) is 16.3 Å². The Morgan fingerprint density at radius 1 is 1.21 bits per heavy atom. The van der Waals surface area contributed by atoms with Crippen LogP contribution in [0.15, 0.2) is 35.6 Å². The molecular weight excluding hydrogens is 328 g/mol. The zero-order valence-corrected chi connectivity index (χ0v) is 14.4. The van der Waals surface area contributed by atoms with Crippen LogP contribution < -0.4 is 10.6 Å². The highest BCUT2D eigenvalue weighted by Crippen LogP contribution is 2.18. The molecule has 0 aliphatic heterocycles. The molecule has 1 aromatic heterocycles. The summed E-state index contributed by atoms with van der Waals surface area (Å²) < 4.78 is 4.96. The Bertz CT molecular complexity index is 735. The van der Waals surface area contributed by atoms with Crippen molar-refractivity contribution in [3.8, 4) is 0 Å². The van der Waals surface area contributed by atoms with E-state index in [-0.39, 0.29) is 18.0 Å². The summed E-state index contributed by atoms with van der Waals surface area (Å²) in [7, 11) is 0. The fourth-order valence-corrected chi connectivity index (χ4v) is 2.16. The second-order valence-electron chi connectivity index (χ2n) is 4.78. The molecule has 2 aromatic rings. The van der Waals surface area contributed by atoms with E-state index in [0.717, 1.165) is 5.56 Å². The summed E-state index contributed by atoms with van der Waals surface area (Å²) in [6.07, 6.45) is 3.15. The first-order chi connectivity index (χ1) is 11.5. The summed E-state index contributed by atoms with van der Waals surface area (Å²) in [5.74, 6) is -0.479. The summed E-state index contributed by atoms with van der Waals surface area (Å²) in [6, 6.07) is 6.84. The largest absolute Gasteiger partial charge is 0.462 e. The third kappa shape index (κ3) is 4.69. The summed E-state index contributed by atoms with van der Waals surface area (Å²) in [5.41, 5.74) is 1.83. The van der Waals surface area contributed by atoms with Gasteiger partial charge in [-0.3, -0.25) is 5.32 Å². The van der Waals surface area contributed by atoms with Gasteiger partial charge in [0, 0.05) is 11.9 Å². The molecule has 24 heavy (non-hydrogen) atoms. The number of aryl methyl sites for hydroxylation is 1. The van der Waals surface area contributed by atoms with E-state index in [0.29, 0.717) is 10.8 Å². The number of esters is 1. The molecule has 0 aliphatic carbocycles. The van der Waals surface area contributed by atoms with Gasteiger partial charge in [0.15, 0.2) is 11.0 Å². The first-order valence-electron chi connectivity index (χ1n) is 7.26. The summed E-state index contributed by atoms with van der Waals surface area (Å²) in [4.78, 5) is 32.3. The van der Waals surface area contributed by atoms with Crippen LogP contribution in [0.3, 0.4) is 0 Å². The second-order valence-corrected chi connectivity index (χ2v) is 5.56. The van der Waals surface area contributed by atoms with Crippen molar-refractivity contribution in [3.05, 3.63) is 41.6 Å². The van der Waals surface area contributed by atoms with Gasteiger partial charge in [-0.15, -0.1) is 0 Å². The molecule has 1 aromatic carbocycles. The zero-order chi connectivity index (χ0) is 17.5. The van der Waals surface area contributed by atoms with Crippen LogP contribution in [0.2, 0.25) is 0 Å². The third-order valence-electron chi connectivity index (χ3n) is 2.99. The van der Waals surface area contributed by atoms with Gasteiger partial charge in [0.25, 0.3) is 0 Å². The summed E-state index contributed by atoms with van der Waals surface area (Å²) in [6.45, 7) is 3.88. The predicted molar refractivity (Wildman–Crippen MR) is 93.6 cm³/mol. The average Bonchev–Trinajstić information content (AvgIpc) is 2.57. The number of carbonyl (C=O) groups excluding carboxylic acids is 2. The van der Waals surface area contributed by atoms with Crippen molar-refractivity contribution in [2.75, 3.05) is 23.5 Å². The monoisotopic (exact) mass is 346 g/mol. The Labute approximate surface area is 144 Å². The molecule has 2 amide bonds. The van der Waals surface area contributed by atoms with Crippen LogP contribution in [0.5, 0.6) is 0 Å². The Balaban J connectivity index is 2.18. The molecule has 0 unspecified atom stereocenters. The number of urea groups is 1. The van der Waals surface area contributed by atoms with Gasteiger partial charge in [-0.1, -0.05) is 29.5 Å². The molecule has 2 N–H and O–H groups in total. The maximum absolute atomic E-state index is 12.2. The molecule has 2 rings (SSSR count). The van der Waals surface area contributed by atoms with E-state index in [4.69, 9.17) is 4.74 Å². The van der Waals surface area contributed by atoms with Crippen molar-refractivity contribution in [2.45, 2.75) is 19.0 Å². The van der Waals surface area contributed by atoms with Crippen molar-refractivity contribution in [2.24, 2.45) is 0 Å². The van der Waals surface area contributed by atoms with Gasteiger partial charge in [-0.25, -0.2) is 19.6 Å². The Morgan fingerprint density at radius 3 is 2.54 bits per heavy atom. The van der Waals surface area contributed by atoms with Crippen LogP contribution in [0.1, 0.15) is 22.8 Å². The molecule has 0 aliphatic rings. The van der Waals surface area contributed by atoms with E-state index in [1.54, 1.807) is 25.3 Å². The number of nitrogens with zero attached hydrogens (tertiary/aromatic N) is 2. The lowest BCUT2D eigenvalue weighted by molar-refractivity contribution is 0.0526. The van der Waals surface area contributed by atoms with Gasteiger partial charge < -0.3 is 10.1 Å². The van der Waals surface area contributed by atoms with Crippen LogP contribution >= 0.6 is 11.8 Å². The number of benzene rings is 1. The average molecular weight is 346 g/mol. The number of nitrogens with one attached hydrogen (secondary N) is 2. The predicted octanol–water partition coefficient (Wildman–Crippen LogP) is 3.33. The molecule has 0 saturated carbocycles. The number of anilines is 2. The van der Waals surface area contributed by atoms with Crippen molar-refractivity contribution in [1.29, 1.82) is 0 Å². The zero-order valence-electron chi connectivity index (χ0n) is 13.6. The third-order valence-corrected chi connectivity index (χ3v) is 3.55. The highest BCUT2D eigenvalue weighted by molar-refractivity contribution is 7.98. The first-order valence-corrected chi connectivity index (χ1v) is 8.48. The van der Waals surface area contributed by atoms with Crippen LogP contribution in [-0.4, -0.2) is 34.8 Å². The van der Waals surface area contributed by atoms with Crippen molar-refractivity contribution < 1.29 is 14.3 Å². The quantitative estimate of drug-likeness (QED) is 0.490. The molecule has 0 spiro atoms. The normalized spacial score (nSPS) is 10.1. The van der Waals surface area contributed by atoms with Crippen molar-refractivity contribution in [1.82, 2.24) is 9.97 Å². The number of ether oxygens (including phenoxy) is 1. The lowest BCUT2D eigenvalue weighted by Crippen LogP contribution is -2.22. The number of amides is 2. The smallest absolute Gasteiger partial charge is 0.343 e. The molecule has 7 nitrogen and oxygen atoms in total. The molecule has 0 fully saturated rings. The number of carbonyl (C=O) groups is 2. The topological polar surface area (TPSA) is 93.2 Å². The molecule has 126 valence electrons. The fourth-order valence-electron chi connectivity index (χ4n) is 1.82. The van der Waals surface area contributed by atoms with Crippen LogP contribution in [-0.2, 0) is 4.74 Å². The minimum absolute atomic E-state index is 0.105. The minimum atomic E-state index is -0.587. The van der Waals surface area contributed by atoms with E-state index in [1.165, 1.54) is 18.0 Å². The SMILES string of the molecule is CCOC(=O)c1cnc(SC)nc1NC(=O)Nc1ccc(C)cc1. The Morgan fingerprint density at radius 2 is 1.92 bits per heavy atom. The Kier molecular flexibility index (Phi) is 6.14. The van der Waals surface area contributed by atoms with E-state index in [2.05, 4.69) is 20.6 Å². The molecule has 0 radical (unpaired) electrons. The van der Waals surface area contributed by atoms with E-state index >= 15 is 0 Å². The van der Waals surface area contributed by atoms with Gasteiger partial charge in [0.05, 0.1) is 6.61 Å². The van der Waals surface area contributed by atoms with Gasteiger partial charge in [-0.2, -0.15) is 0 Å².